The highest BCUT2D eigenvalue weighted by Gasteiger charge is 2.23. The summed E-state index contributed by atoms with van der Waals surface area (Å²) in [6.07, 6.45) is 4.60. The summed E-state index contributed by atoms with van der Waals surface area (Å²) < 4.78 is 0. The van der Waals surface area contributed by atoms with E-state index in [1.54, 1.807) is 0 Å². The lowest BCUT2D eigenvalue weighted by Crippen LogP contribution is -2.29. The molecule has 1 saturated heterocycles. The maximum atomic E-state index is 8.94. The zero-order valence-corrected chi connectivity index (χ0v) is 11.0. The molecule has 0 amide bonds. The summed E-state index contributed by atoms with van der Waals surface area (Å²) in [5, 5.41) is 8.94. The van der Waals surface area contributed by atoms with Gasteiger partial charge in [-0.2, -0.15) is 0 Å². The molecule has 1 aliphatic rings. The van der Waals surface area contributed by atoms with Gasteiger partial charge in [-0.15, -0.1) is 0 Å². The molecule has 0 radical (unpaired) electrons. The first-order valence-corrected chi connectivity index (χ1v) is 6.96. The number of hydrogen-bond donors (Lipinski definition) is 2. The Morgan fingerprint density at radius 2 is 2.17 bits per heavy atom. The Balaban J connectivity index is 1.94. The number of nitrogens with zero attached hydrogens (tertiary/aromatic N) is 1. The highest BCUT2D eigenvalue weighted by molar-refractivity contribution is 5.23. The first kappa shape index (κ1) is 13.5. The van der Waals surface area contributed by atoms with Gasteiger partial charge >= 0.3 is 0 Å². The topological polar surface area (TPSA) is 49.5 Å². The Morgan fingerprint density at radius 3 is 2.94 bits per heavy atom. The fourth-order valence-electron chi connectivity index (χ4n) is 2.85. The molecule has 1 aromatic carbocycles. The molecule has 1 unspecified atom stereocenters. The van der Waals surface area contributed by atoms with Crippen LogP contribution in [0.2, 0.25) is 0 Å². The molecule has 100 valence electrons. The third kappa shape index (κ3) is 3.55. The highest BCUT2D eigenvalue weighted by atomic mass is 16.2. The molecule has 3 nitrogen and oxygen atoms in total. The molecule has 0 spiro atoms. The number of rotatable bonds is 6. The van der Waals surface area contributed by atoms with Gasteiger partial charge in [-0.25, -0.2) is 0 Å². The lowest BCUT2D eigenvalue weighted by Gasteiger charge is -2.24. The molecule has 3 N–H and O–H groups in total. The summed E-state index contributed by atoms with van der Waals surface area (Å²) in [7, 11) is 0. The summed E-state index contributed by atoms with van der Waals surface area (Å²) >= 11 is 0. The van der Waals surface area contributed by atoms with Crippen molar-refractivity contribution in [3.63, 3.8) is 0 Å². The van der Waals surface area contributed by atoms with Crippen LogP contribution in [0.5, 0.6) is 0 Å². The second-order valence-electron chi connectivity index (χ2n) is 5.16. The number of hydrogen-bond acceptors (Lipinski definition) is 3. The van der Waals surface area contributed by atoms with Gasteiger partial charge in [-0.3, -0.25) is 4.90 Å². The molecule has 2 rings (SSSR count). The summed E-state index contributed by atoms with van der Waals surface area (Å²) in [6.45, 7) is 3.13. The van der Waals surface area contributed by atoms with E-state index >= 15 is 0 Å². The Morgan fingerprint density at radius 1 is 1.33 bits per heavy atom. The average Bonchev–Trinajstić information content (AvgIpc) is 2.84. The zero-order chi connectivity index (χ0) is 12.8. The van der Waals surface area contributed by atoms with Crippen LogP contribution in [-0.2, 0) is 13.1 Å². The fourth-order valence-corrected chi connectivity index (χ4v) is 2.85. The van der Waals surface area contributed by atoms with Crippen molar-refractivity contribution >= 4 is 0 Å². The fraction of sp³-hybridized carbons (Fsp3) is 0.600. The SMILES string of the molecule is NCc1cccc(CN2CCCC2CCCO)c1. The lowest BCUT2D eigenvalue weighted by molar-refractivity contribution is 0.210. The van der Waals surface area contributed by atoms with Crippen LogP contribution >= 0.6 is 0 Å². The van der Waals surface area contributed by atoms with Crippen LogP contribution in [0.4, 0.5) is 0 Å². The summed E-state index contributed by atoms with van der Waals surface area (Å²) in [4.78, 5) is 2.55. The molecule has 1 fully saturated rings. The molecule has 1 aromatic rings. The van der Waals surface area contributed by atoms with E-state index in [1.807, 2.05) is 0 Å². The molecule has 1 aliphatic heterocycles. The minimum atomic E-state index is 0.312. The summed E-state index contributed by atoms with van der Waals surface area (Å²) in [6, 6.07) is 9.22. The van der Waals surface area contributed by atoms with Gasteiger partial charge in [-0.1, -0.05) is 24.3 Å². The number of aliphatic hydroxyl groups excluding tert-OH is 1. The minimum Gasteiger partial charge on any atom is -0.396 e. The van der Waals surface area contributed by atoms with E-state index in [1.165, 1.54) is 30.5 Å². The van der Waals surface area contributed by atoms with Gasteiger partial charge in [0.05, 0.1) is 0 Å². The molecular formula is C15H24N2O. The quantitative estimate of drug-likeness (QED) is 0.808. The van der Waals surface area contributed by atoms with Crippen molar-refractivity contribution in [2.75, 3.05) is 13.2 Å². The van der Waals surface area contributed by atoms with E-state index in [9.17, 15) is 0 Å². The van der Waals surface area contributed by atoms with Gasteiger partial charge in [0.25, 0.3) is 0 Å². The van der Waals surface area contributed by atoms with Gasteiger partial charge in [-0.05, 0) is 43.4 Å². The minimum absolute atomic E-state index is 0.312. The van der Waals surface area contributed by atoms with Gasteiger partial charge in [0, 0.05) is 25.7 Å². The van der Waals surface area contributed by atoms with Crippen LogP contribution < -0.4 is 5.73 Å². The van der Waals surface area contributed by atoms with E-state index in [4.69, 9.17) is 10.8 Å². The highest BCUT2D eigenvalue weighted by Crippen LogP contribution is 2.23. The van der Waals surface area contributed by atoms with Crippen LogP contribution in [0.3, 0.4) is 0 Å². The van der Waals surface area contributed by atoms with Crippen LogP contribution in [0, 0.1) is 0 Å². The molecule has 0 aromatic heterocycles. The number of likely N-dealkylation sites (tertiary alicyclic amines) is 1. The van der Waals surface area contributed by atoms with Gasteiger partial charge in [0.1, 0.15) is 0 Å². The largest absolute Gasteiger partial charge is 0.396 e. The lowest BCUT2D eigenvalue weighted by atomic mass is 10.1. The van der Waals surface area contributed by atoms with E-state index < -0.39 is 0 Å². The van der Waals surface area contributed by atoms with Crippen LogP contribution in [0.1, 0.15) is 36.8 Å². The predicted molar refractivity (Wildman–Crippen MR) is 74.1 cm³/mol. The summed E-state index contributed by atoms with van der Waals surface area (Å²) in [5.74, 6) is 0. The molecule has 0 bridgehead atoms. The second kappa shape index (κ2) is 6.88. The van der Waals surface area contributed by atoms with E-state index in [0.29, 0.717) is 19.2 Å². The molecule has 1 atom stereocenters. The Hall–Kier alpha value is -0.900. The Kier molecular flexibility index (Phi) is 5.17. The first-order chi connectivity index (χ1) is 8.83. The Labute approximate surface area is 110 Å². The van der Waals surface area contributed by atoms with Gasteiger partial charge < -0.3 is 10.8 Å². The van der Waals surface area contributed by atoms with E-state index in [2.05, 4.69) is 29.2 Å². The number of aliphatic hydroxyl groups is 1. The maximum Gasteiger partial charge on any atom is 0.0431 e. The monoisotopic (exact) mass is 248 g/mol. The normalized spacial score (nSPS) is 20.4. The van der Waals surface area contributed by atoms with Crippen molar-refractivity contribution in [2.45, 2.75) is 44.8 Å². The van der Waals surface area contributed by atoms with Crippen molar-refractivity contribution in [1.29, 1.82) is 0 Å². The molecule has 0 aliphatic carbocycles. The molecule has 0 saturated carbocycles. The molecular weight excluding hydrogens is 224 g/mol. The molecule has 3 heteroatoms. The third-order valence-electron chi connectivity index (χ3n) is 3.81. The summed E-state index contributed by atoms with van der Waals surface area (Å²) in [5.41, 5.74) is 8.24. The van der Waals surface area contributed by atoms with Crippen LogP contribution in [0.25, 0.3) is 0 Å². The molecule has 18 heavy (non-hydrogen) atoms. The predicted octanol–water partition coefficient (Wildman–Crippen LogP) is 1.88. The zero-order valence-electron chi connectivity index (χ0n) is 11.0. The smallest absolute Gasteiger partial charge is 0.0431 e. The van der Waals surface area contributed by atoms with Crippen molar-refractivity contribution in [2.24, 2.45) is 5.73 Å². The second-order valence-corrected chi connectivity index (χ2v) is 5.16. The van der Waals surface area contributed by atoms with Crippen molar-refractivity contribution in [3.05, 3.63) is 35.4 Å². The third-order valence-corrected chi connectivity index (χ3v) is 3.81. The van der Waals surface area contributed by atoms with E-state index in [0.717, 1.165) is 19.4 Å². The van der Waals surface area contributed by atoms with Crippen molar-refractivity contribution in [3.8, 4) is 0 Å². The van der Waals surface area contributed by atoms with Crippen molar-refractivity contribution in [1.82, 2.24) is 4.90 Å². The maximum absolute atomic E-state index is 8.94. The first-order valence-electron chi connectivity index (χ1n) is 6.96. The van der Waals surface area contributed by atoms with Gasteiger partial charge in [0.15, 0.2) is 0 Å². The van der Waals surface area contributed by atoms with Crippen LogP contribution in [-0.4, -0.2) is 29.2 Å². The van der Waals surface area contributed by atoms with E-state index in [-0.39, 0.29) is 0 Å². The standard InChI is InChI=1S/C15H24N2O/c16-11-13-4-1-5-14(10-13)12-17-8-2-6-15(17)7-3-9-18/h1,4-5,10,15,18H,2-3,6-9,11-12,16H2. The number of nitrogens with two attached hydrogens (primary N) is 1. The van der Waals surface area contributed by atoms with Gasteiger partial charge in [0.2, 0.25) is 0 Å². The van der Waals surface area contributed by atoms with Crippen molar-refractivity contribution < 1.29 is 5.11 Å². The number of benzene rings is 1. The molecule has 1 heterocycles. The Bertz CT molecular complexity index is 367. The van der Waals surface area contributed by atoms with Crippen LogP contribution in [0.15, 0.2) is 24.3 Å². The average molecular weight is 248 g/mol.